The first kappa shape index (κ1) is 19.0. The number of amides is 1. The van der Waals surface area contributed by atoms with Crippen molar-refractivity contribution in [2.45, 2.75) is 44.9 Å². The fourth-order valence-electron chi connectivity index (χ4n) is 2.17. The molecule has 1 heterocycles. The minimum atomic E-state index is -1.10. The van der Waals surface area contributed by atoms with E-state index in [2.05, 4.69) is 11.9 Å². The first-order valence-corrected chi connectivity index (χ1v) is 7.36. The van der Waals surface area contributed by atoms with E-state index in [1.807, 2.05) is 0 Å². The minimum absolute atomic E-state index is 0.0625. The van der Waals surface area contributed by atoms with Gasteiger partial charge in [-0.15, -0.1) is 0 Å². The lowest BCUT2D eigenvalue weighted by molar-refractivity contribution is -0.142. The summed E-state index contributed by atoms with van der Waals surface area (Å²) in [5.74, 6) is -1.57. The summed E-state index contributed by atoms with van der Waals surface area (Å²) in [7, 11) is 0. The molecular formula is C15H24N2O6. The van der Waals surface area contributed by atoms with Gasteiger partial charge in [0.05, 0.1) is 6.54 Å². The van der Waals surface area contributed by atoms with Crippen LogP contribution in [0.2, 0.25) is 0 Å². The molecular weight excluding hydrogens is 304 g/mol. The lowest BCUT2D eigenvalue weighted by atomic mass is 10.2. The summed E-state index contributed by atoms with van der Waals surface area (Å²) in [5.41, 5.74) is -0.708. The Morgan fingerprint density at radius 2 is 2.04 bits per heavy atom. The van der Waals surface area contributed by atoms with Crippen molar-refractivity contribution in [2.24, 2.45) is 0 Å². The molecule has 1 aliphatic heterocycles. The lowest BCUT2D eigenvalue weighted by Gasteiger charge is -2.26. The van der Waals surface area contributed by atoms with E-state index in [0.717, 1.165) is 0 Å². The summed E-state index contributed by atoms with van der Waals surface area (Å²) < 4.78 is 10.0. The fourth-order valence-corrected chi connectivity index (χ4v) is 2.17. The Morgan fingerprint density at radius 1 is 1.39 bits per heavy atom. The Labute approximate surface area is 135 Å². The van der Waals surface area contributed by atoms with Gasteiger partial charge in [0.15, 0.2) is 0 Å². The molecule has 0 unspecified atom stereocenters. The van der Waals surface area contributed by atoms with Crippen LogP contribution >= 0.6 is 0 Å². The summed E-state index contributed by atoms with van der Waals surface area (Å²) in [6.45, 7) is 8.78. The van der Waals surface area contributed by atoms with Gasteiger partial charge in [0.25, 0.3) is 0 Å². The highest BCUT2D eigenvalue weighted by Gasteiger charge is 2.41. The molecule has 1 saturated heterocycles. The lowest BCUT2D eigenvalue weighted by Crippen LogP contribution is -2.44. The van der Waals surface area contributed by atoms with Crippen molar-refractivity contribution in [3.63, 3.8) is 0 Å². The Hall–Kier alpha value is -2.09. The number of likely N-dealkylation sites (tertiary alicyclic amines) is 1. The standard InChI is InChI=1S/C15H24N2O6/c1-5-6-22-12(18)8-16-10-7-11(13(19)20)17(9-10)14(21)23-15(2,3)4/h5,10-11,16H,1,6-9H2,2-4H3,(H,19,20)/t10-,11+/m0/s1. The van der Waals surface area contributed by atoms with E-state index in [0.29, 0.717) is 0 Å². The predicted molar refractivity (Wildman–Crippen MR) is 81.9 cm³/mol. The number of carbonyl (C=O) groups is 3. The third kappa shape index (κ3) is 6.27. The highest BCUT2D eigenvalue weighted by molar-refractivity contribution is 5.81. The molecule has 1 fully saturated rings. The van der Waals surface area contributed by atoms with Crippen molar-refractivity contribution in [2.75, 3.05) is 19.7 Å². The third-order valence-electron chi connectivity index (χ3n) is 3.11. The number of carboxylic acid groups (broad SMARTS) is 1. The zero-order chi connectivity index (χ0) is 17.6. The van der Waals surface area contributed by atoms with Crippen LogP contribution in [0.5, 0.6) is 0 Å². The van der Waals surface area contributed by atoms with E-state index in [4.69, 9.17) is 9.47 Å². The summed E-state index contributed by atoms with van der Waals surface area (Å²) in [6, 6.07) is -1.30. The van der Waals surface area contributed by atoms with Crippen molar-refractivity contribution in [1.82, 2.24) is 10.2 Å². The van der Waals surface area contributed by atoms with Gasteiger partial charge < -0.3 is 19.9 Å². The van der Waals surface area contributed by atoms with E-state index < -0.39 is 29.7 Å². The average molecular weight is 328 g/mol. The number of carboxylic acids is 1. The zero-order valence-corrected chi connectivity index (χ0v) is 13.7. The molecule has 0 aromatic heterocycles. The van der Waals surface area contributed by atoms with Gasteiger partial charge in [-0.3, -0.25) is 9.69 Å². The van der Waals surface area contributed by atoms with Crippen LogP contribution in [0.4, 0.5) is 4.79 Å². The van der Waals surface area contributed by atoms with Crippen molar-refractivity contribution in [3.8, 4) is 0 Å². The van der Waals surface area contributed by atoms with Crippen molar-refractivity contribution < 1.29 is 29.0 Å². The second kappa shape index (κ2) is 7.96. The minimum Gasteiger partial charge on any atom is -0.480 e. The predicted octanol–water partition coefficient (Wildman–Crippen LogP) is 0.768. The first-order chi connectivity index (χ1) is 10.6. The third-order valence-corrected chi connectivity index (χ3v) is 3.11. The number of nitrogens with one attached hydrogen (secondary N) is 1. The molecule has 0 aromatic carbocycles. The quantitative estimate of drug-likeness (QED) is 0.548. The maximum atomic E-state index is 12.1. The van der Waals surface area contributed by atoms with E-state index in [-0.39, 0.29) is 32.2 Å². The molecule has 0 spiro atoms. The summed E-state index contributed by atoms with van der Waals surface area (Å²) in [5, 5.41) is 12.2. The SMILES string of the molecule is C=CCOC(=O)CN[C@H]1C[C@H](C(=O)O)N(C(=O)OC(C)(C)C)C1. The Kier molecular flexibility index (Phi) is 6.56. The van der Waals surface area contributed by atoms with E-state index >= 15 is 0 Å². The van der Waals surface area contributed by atoms with Crippen LogP contribution < -0.4 is 5.32 Å². The van der Waals surface area contributed by atoms with Gasteiger partial charge >= 0.3 is 18.0 Å². The molecule has 0 aromatic rings. The van der Waals surface area contributed by atoms with Crippen LogP contribution in [0, 0.1) is 0 Å². The molecule has 0 saturated carbocycles. The van der Waals surface area contributed by atoms with Crippen molar-refractivity contribution in [3.05, 3.63) is 12.7 Å². The largest absolute Gasteiger partial charge is 0.480 e. The summed E-state index contributed by atoms with van der Waals surface area (Å²) in [6.07, 6.45) is 0.977. The second-order valence-corrected chi connectivity index (χ2v) is 6.27. The highest BCUT2D eigenvalue weighted by Crippen LogP contribution is 2.21. The van der Waals surface area contributed by atoms with Crippen LogP contribution in [0.1, 0.15) is 27.2 Å². The highest BCUT2D eigenvalue weighted by atomic mass is 16.6. The number of hydrogen-bond acceptors (Lipinski definition) is 6. The zero-order valence-electron chi connectivity index (χ0n) is 13.7. The number of rotatable bonds is 6. The molecule has 2 N–H and O–H groups in total. The maximum Gasteiger partial charge on any atom is 0.411 e. The Morgan fingerprint density at radius 3 is 2.57 bits per heavy atom. The topological polar surface area (TPSA) is 105 Å². The maximum absolute atomic E-state index is 12.1. The van der Waals surface area contributed by atoms with E-state index in [1.54, 1.807) is 20.8 Å². The second-order valence-electron chi connectivity index (χ2n) is 6.27. The monoisotopic (exact) mass is 328 g/mol. The summed E-state index contributed by atoms with van der Waals surface area (Å²) in [4.78, 5) is 36.0. The van der Waals surface area contributed by atoms with Gasteiger partial charge in [0.2, 0.25) is 0 Å². The molecule has 8 heteroatoms. The fraction of sp³-hybridized carbons (Fsp3) is 0.667. The van der Waals surface area contributed by atoms with Crippen LogP contribution in [-0.2, 0) is 19.1 Å². The Balaban J connectivity index is 2.60. The molecule has 8 nitrogen and oxygen atoms in total. The van der Waals surface area contributed by atoms with Gasteiger partial charge in [-0.1, -0.05) is 12.7 Å². The molecule has 1 amide bonds. The van der Waals surface area contributed by atoms with E-state index in [9.17, 15) is 19.5 Å². The normalized spacial score (nSPS) is 20.9. The number of esters is 1. The first-order valence-electron chi connectivity index (χ1n) is 7.36. The van der Waals surface area contributed by atoms with E-state index in [1.165, 1.54) is 11.0 Å². The molecule has 0 radical (unpaired) electrons. The summed E-state index contributed by atoms with van der Waals surface area (Å²) >= 11 is 0. The number of carbonyl (C=O) groups excluding carboxylic acids is 2. The van der Waals surface area contributed by atoms with Gasteiger partial charge in [-0.05, 0) is 27.2 Å². The molecule has 23 heavy (non-hydrogen) atoms. The van der Waals surface area contributed by atoms with Crippen LogP contribution in [0.25, 0.3) is 0 Å². The molecule has 0 aliphatic carbocycles. The number of aliphatic carboxylic acids is 1. The van der Waals surface area contributed by atoms with Crippen LogP contribution in [0.3, 0.4) is 0 Å². The van der Waals surface area contributed by atoms with Gasteiger partial charge in [0.1, 0.15) is 18.2 Å². The van der Waals surface area contributed by atoms with Crippen LogP contribution in [-0.4, -0.2) is 65.4 Å². The number of hydrogen-bond donors (Lipinski definition) is 2. The molecule has 0 bridgehead atoms. The molecule has 1 aliphatic rings. The number of nitrogens with zero attached hydrogens (tertiary/aromatic N) is 1. The van der Waals surface area contributed by atoms with Crippen molar-refractivity contribution >= 4 is 18.0 Å². The Bertz CT molecular complexity index is 471. The molecule has 130 valence electrons. The van der Waals surface area contributed by atoms with Gasteiger partial charge in [-0.2, -0.15) is 0 Å². The van der Waals surface area contributed by atoms with Crippen LogP contribution in [0.15, 0.2) is 12.7 Å². The molecule has 1 rings (SSSR count). The number of ether oxygens (including phenoxy) is 2. The smallest absolute Gasteiger partial charge is 0.411 e. The average Bonchev–Trinajstić information content (AvgIpc) is 2.85. The van der Waals surface area contributed by atoms with Crippen molar-refractivity contribution in [1.29, 1.82) is 0 Å². The van der Waals surface area contributed by atoms with Gasteiger partial charge in [0, 0.05) is 12.6 Å². The van der Waals surface area contributed by atoms with Gasteiger partial charge in [-0.25, -0.2) is 9.59 Å². The molecule has 2 atom stereocenters.